The molecule has 0 spiro atoms. The minimum absolute atomic E-state index is 0.145. The highest BCUT2D eigenvalue weighted by Crippen LogP contribution is 2.22. The summed E-state index contributed by atoms with van der Waals surface area (Å²) in [7, 11) is 1.80. The zero-order chi connectivity index (χ0) is 16.2. The number of aromatic amines is 1. The molecule has 0 atom stereocenters. The molecule has 1 amide bonds. The van der Waals surface area contributed by atoms with Gasteiger partial charge in [0.05, 0.1) is 0 Å². The first-order chi connectivity index (χ1) is 11.2. The summed E-state index contributed by atoms with van der Waals surface area (Å²) in [6.45, 7) is 2.59. The van der Waals surface area contributed by atoms with Crippen LogP contribution in [0.25, 0.3) is 22.5 Å². The number of hydrogen-bond donors (Lipinski definition) is 1. The van der Waals surface area contributed by atoms with Crippen LogP contribution in [-0.4, -0.2) is 39.5 Å². The average Bonchev–Trinajstić information content (AvgIpc) is 3.19. The Bertz CT molecular complexity index is 773. The lowest BCUT2D eigenvalue weighted by Gasteiger charge is -2.15. The molecule has 2 heterocycles. The van der Waals surface area contributed by atoms with Crippen LogP contribution in [-0.2, 0) is 11.2 Å². The fourth-order valence-electron chi connectivity index (χ4n) is 2.45. The van der Waals surface area contributed by atoms with Gasteiger partial charge < -0.3 is 14.4 Å². The number of hydrogen-bond acceptors (Lipinski definition) is 4. The Labute approximate surface area is 134 Å². The number of amides is 1. The van der Waals surface area contributed by atoms with E-state index < -0.39 is 0 Å². The molecule has 0 radical (unpaired) electrons. The molecule has 120 valence electrons. The number of benzene rings is 1. The van der Waals surface area contributed by atoms with E-state index in [1.54, 1.807) is 11.9 Å². The van der Waals surface area contributed by atoms with Crippen LogP contribution in [0.3, 0.4) is 0 Å². The first kappa shape index (κ1) is 15.3. The van der Waals surface area contributed by atoms with Gasteiger partial charge in [0.2, 0.25) is 5.91 Å². The predicted octanol–water partition coefficient (Wildman–Crippen LogP) is 3.02. The number of carbonyl (C=O) groups is 1. The van der Waals surface area contributed by atoms with Gasteiger partial charge in [-0.05, 0) is 18.6 Å². The van der Waals surface area contributed by atoms with Crippen LogP contribution in [0.5, 0.6) is 0 Å². The van der Waals surface area contributed by atoms with Crippen LogP contribution in [0, 0.1) is 0 Å². The molecule has 0 saturated carbocycles. The van der Waals surface area contributed by atoms with E-state index >= 15 is 0 Å². The molecular weight excluding hydrogens is 292 g/mol. The number of nitrogens with one attached hydrogen (secondary N) is 1. The largest absolute Gasteiger partial charge is 0.351 e. The van der Waals surface area contributed by atoms with Crippen LogP contribution in [0.1, 0.15) is 25.6 Å². The highest BCUT2D eigenvalue weighted by Gasteiger charge is 2.13. The lowest BCUT2D eigenvalue weighted by atomic mass is 10.2. The molecule has 3 aromatic rings. The fourth-order valence-corrected chi connectivity index (χ4v) is 2.45. The van der Waals surface area contributed by atoms with Crippen LogP contribution in [0.15, 0.2) is 34.9 Å². The van der Waals surface area contributed by atoms with Gasteiger partial charge >= 0.3 is 0 Å². The molecule has 0 fully saturated rings. The smallest absolute Gasteiger partial charge is 0.274 e. The van der Waals surface area contributed by atoms with E-state index in [1.807, 2.05) is 37.3 Å². The Morgan fingerprint density at radius 2 is 2.17 bits per heavy atom. The number of rotatable bonds is 6. The van der Waals surface area contributed by atoms with Gasteiger partial charge in [0.15, 0.2) is 5.82 Å². The number of nitrogens with zero attached hydrogens (tertiary/aromatic N) is 3. The second-order valence-electron chi connectivity index (χ2n) is 5.60. The Kier molecular flexibility index (Phi) is 4.41. The fraction of sp³-hybridized carbons (Fsp3) is 0.353. The summed E-state index contributed by atoms with van der Waals surface area (Å²) in [5.41, 5.74) is 1.84. The Hall–Kier alpha value is -2.63. The van der Waals surface area contributed by atoms with Gasteiger partial charge in [-0.3, -0.25) is 4.79 Å². The van der Waals surface area contributed by atoms with Crippen molar-refractivity contribution in [3.8, 4) is 11.6 Å². The predicted molar refractivity (Wildman–Crippen MR) is 87.8 cm³/mol. The molecule has 0 bridgehead atoms. The highest BCUT2D eigenvalue weighted by molar-refractivity contribution is 5.84. The third-order valence-corrected chi connectivity index (χ3v) is 3.79. The maximum atomic E-state index is 11.7. The van der Waals surface area contributed by atoms with E-state index in [-0.39, 0.29) is 5.91 Å². The van der Waals surface area contributed by atoms with Crippen molar-refractivity contribution in [1.29, 1.82) is 0 Å². The summed E-state index contributed by atoms with van der Waals surface area (Å²) in [4.78, 5) is 21.1. The number of likely N-dealkylation sites (N-methyl/N-ethyl adjacent to an activating group) is 1. The minimum Gasteiger partial charge on any atom is -0.351 e. The average molecular weight is 312 g/mol. The van der Waals surface area contributed by atoms with Gasteiger partial charge in [-0.1, -0.05) is 30.3 Å². The molecule has 2 aromatic heterocycles. The maximum Gasteiger partial charge on any atom is 0.274 e. The van der Waals surface area contributed by atoms with Gasteiger partial charge in [0, 0.05) is 37.3 Å². The SMILES string of the molecule is CCCC(=O)N(C)CCc1noc(-c2cc3ccccc3[nH]2)n1. The zero-order valence-electron chi connectivity index (χ0n) is 13.4. The second kappa shape index (κ2) is 6.64. The molecule has 0 aliphatic carbocycles. The molecule has 1 aromatic carbocycles. The normalized spacial score (nSPS) is 11.0. The molecule has 0 saturated heterocycles. The van der Waals surface area contributed by atoms with Gasteiger partial charge in [-0.2, -0.15) is 4.98 Å². The number of carbonyl (C=O) groups excluding carboxylic acids is 1. The zero-order valence-corrected chi connectivity index (χ0v) is 13.4. The molecule has 0 unspecified atom stereocenters. The number of para-hydroxylation sites is 1. The van der Waals surface area contributed by atoms with E-state index in [9.17, 15) is 4.79 Å². The topological polar surface area (TPSA) is 75.0 Å². The van der Waals surface area contributed by atoms with Crippen molar-refractivity contribution in [2.45, 2.75) is 26.2 Å². The molecule has 23 heavy (non-hydrogen) atoms. The summed E-state index contributed by atoms with van der Waals surface area (Å²) in [5.74, 6) is 1.22. The van der Waals surface area contributed by atoms with Crippen molar-refractivity contribution >= 4 is 16.8 Å². The summed E-state index contributed by atoms with van der Waals surface area (Å²) in [6.07, 6.45) is 2.01. The molecule has 6 heteroatoms. The quantitative estimate of drug-likeness (QED) is 0.759. The molecule has 0 aliphatic rings. The van der Waals surface area contributed by atoms with Gasteiger partial charge in [0.1, 0.15) is 5.69 Å². The molecule has 3 rings (SSSR count). The van der Waals surface area contributed by atoms with Crippen molar-refractivity contribution in [3.63, 3.8) is 0 Å². The maximum absolute atomic E-state index is 11.7. The first-order valence-electron chi connectivity index (χ1n) is 7.82. The van der Waals surface area contributed by atoms with E-state index in [2.05, 4.69) is 15.1 Å². The molecule has 0 aliphatic heterocycles. The Balaban J connectivity index is 1.67. The monoisotopic (exact) mass is 312 g/mol. The van der Waals surface area contributed by atoms with Gasteiger partial charge in [-0.25, -0.2) is 0 Å². The number of fused-ring (bicyclic) bond motifs is 1. The lowest BCUT2D eigenvalue weighted by Crippen LogP contribution is -2.28. The molecule has 1 N–H and O–H groups in total. The van der Waals surface area contributed by atoms with Crippen LogP contribution in [0.2, 0.25) is 0 Å². The van der Waals surface area contributed by atoms with E-state index in [0.29, 0.717) is 31.1 Å². The Morgan fingerprint density at radius 1 is 1.35 bits per heavy atom. The number of aromatic nitrogens is 3. The van der Waals surface area contributed by atoms with Crippen molar-refractivity contribution in [2.75, 3.05) is 13.6 Å². The summed E-state index contributed by atoms with van der Waals surface area (Å²) in [6, 6.07) is 9.99. The van der Waals surface area contributed by atoms with Crippen molar-refractivity contribution in [3.05, 3.63) is 36.2 Å². The van der Waals surface area contributed by atoms with E-state index in [4.69, 9.17) is 4.52 Å². The van der Waals surface area contributed by atoms with Crippen LogP contribution < -0.4 is 0 Å². The van der Waals surface area contributed by atoms with Crippen molar-refractivity contribution in [1.82, 2.24) is 20.0 Å². The third-order valence-electron chi connectivity index (χ3n) is 3.79. The van der Waals surface area contributed by atoms with Crippen LogP contribution >= 0.6 is 0 Å². The van der Waals surface area contributed by atoms with E-state index in [0.717, 1.165) is 23.0 Å². The summed E-state index contributed by atoms with van der Waals surface area (Å²) >= 11 is 0. The van der Waals surface area contributed by atoms with Crippen molar-refractivity contribution < 1.29 is 9.32 Å². The number of H-pyrrole nitrogens is 1. The lowest BCUT2D eigenvalue weighted by molar-refractivity contribution is -0.129. The highest BCUT2D eigenvalue weighted by atomic mass is 16.5. The van der Waals surface area contributed by atoms with E-state index in [1.165, 1.54) is 0 Å². The molecular formula is C17H20N4O2. The third kappa shape index (κ3) is 3.41. The first-order valence-corrected chi connectivity index (χ1v) is 7.82. The van der Waals surface area contributed by atoms with Gasteiger partial charge in [0.25, 0.3) is 5.89 Å². The Morgan fingerprint density at radius 3 is 2.96 bits per heavy atom. The summed E-state index contributed by atoms with van der Waals surface area (Å²) in [5, 5.41) is 5.10. The van der Waals surface area contributed by atoms with Crippen LogP contribution in [0.4, 0.5) is 0 Å². The molecule has 6 nitrogen and oxygen atoms in total. The summed E-state index contributed by atoms with van der Waals surface area (Å²) < 4.78 is 5.32. The second-order valence-corrected chi connectivity index (χ2v) is 5.60. The standard InChI is InChI=1S/C17H20N4O2/c1-3-6-16(22)21(2)10-9-15-19-17(23-20-15)14-11-12-7-4-5-8-13(12)18-14/h4-5,7-8,11,18H,3,6,9-10H2,1-2H3. The van der Waals surface area contributed by atoms with Gasteiger partial charge in [-0.15, -0.1) is 0 Å². The minimum atomic E-state index is 0.145. The van der Waals surface area contributed by atoms with Crippen molar-refractivity contribution in [2.24, 2.45) is 0 Å².